The highest BCUT2D eigenvalue weighted by Crippen LogP contribution is 2.33. The van der Waals surface area contributed by atoms with Gasteiger partial charge in [-0.3, -0.25) is 24.5 Å². The van der Waals surface area contributed by atoms with Gasteiger partial charge in [-0.05, 0) is 65.6 Å². The number of pyridine rings is 1. The molecule has 3 amide bonds. The summed E-state index contributed by atoms with van der Waals surface area (Å²) in [5, 5.41) is 3.24. The number of benzene rings is 3. The van der Waals surface area contributed by atoms with E-state index in [-0.39, 0.29) is 37.2 Å². The number of anilines is 1. The molecule has 12 heteroatoms. The third-order valence-electron chi connectivity index (χ3n) is 9.04. The van der Waals surface area contributed by atoms with E-state index in [1.54, 1.807) is 29.5 Å². The summed E-state index contributed by atoms with van der Waals surface area (Å²) in [5.74, 6) is 0.623. The Hall–Kier alpha value is -5.46. The molecule has 7 rings (SSSR count). The summed E-state index contributed by atoms with van der Waals surface area (Å²) in [6, 6.07) is 22.9. The Kier molecular flexibility index (Phi) is 9.87. The lowest BCUT2D eigenvalue weighted by molar-refractivity contribution is -0.137. The molecule has 2 aliphatic rings. The second-order valence-corrected chi connectivity index (χ2v) is 13.9. The van der Waals surface area contributed by atoms with Gasteiger partial charge in [-0.15, -0.1) is 11.3 Å². The van der Waals surface area contributed by atoms with E-state index in [0.29, 0.717) is 43.8 Å². The molecule has 0 spiro atoms. The fraction of sp³-hybridized carbons (Fsp3) is 0.282. The molecule has 1 N–H and O–H groups in total. The van der Waals surface area contributed by atoms with Crippen LogP contribution in [0.25, 0.3) is 31.9 Å². The number of nitrogens with zero attached hydrogens (tertiary/aromatic N) is 4. The Balaban J connectivity index is 0.849. The van der Waals surface area contributed by atoms with Gasteiger partial charge in [0.2, 0.25) is 11.8 Å². The fourth-order valence-electron chi connectivity index (χ4n) is 6.29. The molecule has 0 bridgehead atoms. The lowest BCUT2D eigenvalue weighted by Gasteiger charge is -2.29. The summed E-state index contributed by atoms with van der Waals surface area (Å²) in [4.78, 5) is 62.2. The minimum absolute atomic E-state index is 0.0903. The Bertz CT molecular complexity index is 2110. The first-order valence-corrected chi connectivity index (χ1v) is 17.7. The van der Waals surface area contributed by atoms with Gasteiger partial charge in [-0.1, -0.05) is 30.3 Å². The van der Waals surface area contributed by atoms with E-state index in [0.717, 1.165) is 48.9 Å². The zero-order valence-electron chi connectivity index (χ0n) is 28.4. The van der Waals surface area contributed by atoms with Gasteiger partial charge in [0.05, 0.1) is 23.4 Å². The van der Waals surface area contributed by atoms with Crippen molar-refractivity contribution in [2.24, 2.45) is 0 Å². The predicted octanol–water partition coefficient (Wildman–Crippen LogP) is 5.45. The number of ketones is 1. The average Bonchev–Trinajstić information content (AvgIpc) is 3.70. The molecule has 0 radical (unpaired) electrons. The fourth-order valence-corrected chi connectivity index (χ4v) is 7.33. The molecule has 0 saturated carbocycles. The topological polar surface area (TPSA) is 131 Å². The van der Waals surface area contributed by atoms with Crippen molar-refractivity contribution in [1.82, 2.24) is 20.2 Å². The largest absolute Gasteiger partial charge is 0.491 e. The van der Waals surface area contributed by atoms with E-state index >= 15 is 0 Å². The molecular weight excluding hydrogens is 667 g/mol. The summed E-state index contributed by atoms with van der Waals surface area (Å²) in [6.45, 7) is 1.17. The third-order valence-corrected chi connectivity index (χ3v) is 10.1. The number of fused-ring (bicyclic) bond motifs is 2. The maximum atomic E-state index is 12.9. The van der Waals surface area contributed by atoms with Gasteiger partial charge in [-0.25, -0.2) is 9.97 Å². The average molecular weight is 704 g/mol. The van der Waals surface area contributed by atoms with Crippen molar-refractivity contribution in [2.75, 3.05) is 38.8 Å². The molecule has 1 atom stereocenters. The third kappa shape index (κ3) is 7.67. The van der Waals surface area contributed by atoms with Crippen LogP contribution in [0.3, 0.4) is 0 Å². The van der Waals surface area contributed by atoms with Crippen LogP contribution in [0.1, 0.15) is 40.7 Å². The number of thiazole rings is 1. The predicted molar refractivity (Wildman–Crippen MR) is 195 cm³/mol. The van der Waals surface area contributed by atoms with Crippen LogP contribution in [0.5, 0.6) is 5.75 Å². The number of nitrogens with one attached hydrogen (secondary N) is 1. The second kappa shape index (κ2) is 14.8. The Morgan fingerprint density at radius 3 is 2.51 bits per heavy atom. The maximum absolute atomic E-state index is 12.9. The normalized spacial score (nSPS) is 15.6. The van der Waals surface area contributed by atoms with Crippen LogP contribution in [0.15, 0.2) is 79.0 Å². The molecule has 51 heavy (non-hydrogen) atoms. The molecule has 4 heterocycles. The SMILES string of the molecule is CN(C)c1ccc(-c2ccc(-c3nc4ccc(CC(=O)CCOCCOc5ccc6c(c5)CN(C5CCC(=O)NC5=O)C6=O)cc4s3)cc2)cn1. The molecule has 2 aromatic heterocycles. The quantitative estimate of drug-likeness (QED) is 0.126. The zero-order valence-corrected chi connectivity index (χ0v) is 29.2. The molecule has 11 nitrogen and oxygen atoms in total. The van der Waals surface area contributed by atoms with Crippen LogP contribution >= 0.6 is 11.3 Å². The molecule has 2 aliphatic heterocycles. The molecular formula is C39H37N5O6S. The van der Waals surface area contributed by atoms with E-state index in [4.69, 9.17) is 14.5 Å². The second-order valence-electron chi connectivity index (χ2n) is 12.8. The number of carbonyl (C=O) groups is 4. The summed E-state index contributed by atoms with van der Waals surface area (Å²) in [7, 11) is 3.94. The molecule has 1 fully saturated rings. The number of aromatic nitrogens is 2. The molecule has 1 saturated heterocycles. The van der Waals surface area contributed by atoms with Gasteiger partial charge >= 0.3 is 0 Å². The van der Waals surface area contributed by atoms with Gasteiger partial charge in [0, 0.05) is 62.8 Å². The van der Waals surface area contributed by atoms with Gasteiger partial charge in [0.25, 0.3) is 5.91 Å². The minimum Gasteiger partial charge on any atom is -0.491 e. The van der Waals surface area contributed by atoms with Crippen molar-refractivity contribution < 1.29 is 28.7 Å². The van der Waals surface area contributed by atoms with E-state index in [1.165, 1.54) is 4.90 Å². The van der Waals surface area contributed by atoms with Crippen molar-refractivity contribution in [3.8, 4) is 27.4 Å². The Morgan fingerprint density at radius 1 is 0.941 bits per heavy atom. The van der Waals surface area contributed by atoms with E-state index < -0.39 is 11.9 Å². The minimum atomic E-state index is -0.655. The van der Waals surface area contributed by atoms with Crippen molar-refractivity contribution in [3.05, 3.63) is 95.7 Å². The number of hydrogen-bond acceptors (Lipinski definition) is 10. The molecule has 0 aliphatic carbocycles. The summed E-state index contributed by atoms with van der Waals surface area (Å²) >= 11 is 1.61. The first kappa shape index (κ1) is 34.0. The Labute approximate surface area is 299 Å². The van der Waals surface area contributed by atoms with E-state index in [2.05, 4.69) is 40.6 Å². The molecule has 260 valence electrons. The number of piperidine rings is 1. The summed E-state index contributed by atoms with van der Waals surface area (Å²) in [5.41, 5.74) is 6.35. The molecule has 1 unspecified atom stereocenters. The highest BCUT2D eigenvalue weighted by molar-refractivity contribution is 7.21. The standard InChI is InChI=1S/C39H37N5O6S/c1-43(2)35-13-8-27(22-40-35)25-4-6-26(7-5-25)38-41-32-11-3-24(20-34(32)51-38)19-29(45)15-16-49-17-18-50-30-9-10-31-28(21-30)23-44(39(31)48)33-12-14-36(46)42-37(33)47/h3-11,13,20-22,33H,12,14-19,23H2,1-2H3,(H,42,46,47). The van der Waals surface area contributed by atoms with Crippen molar-refractivity contribution in [1.29, 1.82) is 0 Å². The lowest BCUT2D eigenvalue weighted by atomic mass is 10.0. The monoisotopic (exact) mass is 703 g/mol. The molecule has 5 aromatic rings. The van der Waals surface area contributed by atoms with Gasteiger partial charge in [0.15, 0.2) is 0 Å². The van der Waals surface area contributed by atoms with E-state index in [9.17, 15) is 19.2 Å². The van der Waals surface area contributed by atoms with Gasteiger partial charge in [0.1, 0.15) is 35.0 Å². The summed E-state index contributed by atoms with van der Waals surface area (Å²) in [6.07, 6.45) is 3.03. The highest BCUT2D eigenvalue weighted by atomic mass is 32.1. The van der Waals surface area contributed by atoms with Crippen LogP contribution in [0.2, 0.25) is 0 Å². The van der Waals surface area contributed by atoms with Crippen LogP contribution in [0.4, 0.5) is 5.82 Å². The van der Waals surface area contributed by atoms with Crippen molar-refractivity contribution in [2.45, 2.75) is 38.3 Å². The zero-order chi connectivity index (χ0) is 35.5. The maximum Gasteiger partial charge on any atom is 0.255 e. The van der Waals surface area contributed by atoms with Gasteiger partial charge < -0.3 is 19.3 Å². The number of ether oxygens (including phenoxy) is 2. The van der Waals surface area contributed by atoms with Crippen LogP contribution in [-0.4, -0.2) is 78.3 Å². The van der Waals surface area contributed by atoms with Crippen LogP contribution in [0, 0.1) is 0 Å². The first-order chi connectivity index (χ1) is 24.7. The Morgan fingerprint density at radius 2 is 1.75 bits per heavy atom. The van der Waals surface area contributed by atoms with Crippen molar-refractivity contribution >= 4 is 50.9 Å². The molecule has 3 aromatic carbocycles. The summed E-state index contributed by atoms with van der Waals surface area (Å²) < 4.78 is 12.5. The van der Waals surface area contributed by atoms with Crippen LogP contribution < -0.4 is 15.0 Å². The lowest BCUT2D eigenvalue weighted by Crippen LogP contribution is -2.52. The number of rotatable bonds is 13. The smallest absolute Gasteiger partial charge is 0.255 e. The highest BCUT2D eigenvalue weighted by Gasteiger charge is 2.39. The van der Waals surface area contributed by atoms with Gasteiger partial charge in [-0.2, -0.15) is 0 Å². The number of hydrogen-bond donors (Lipinski definition) is 1. The van der Waals surface area contributed by atoms with E-state index in [1.807, 2.05) is 49.5 Å². The number of Topliss-reactive ketones (excluding diaryl/α,β-unsaturated/α-hetero) is 1. The number of amides is 3. The number of carbonyl (C=O) groups excluding carboxylic acids is 4. The number of imide groups is 1. The van der Waals surface area contributed by atoms with Crippen LogP contribution in [-0.2, 0) is 32.1 Å². The first-order valence-electron chi connectivity index (χ1n) is 16.9. The van der Waals surface area contributed by atoms with Crippen molar-refractivity contribution in [3.63, 3.8) is 0 Å².